The standard InChI is InChI=1S/C10H9NO2S2/c1-13-7-4-9(15-6-7)8(12)5-10-11-2-3-14-10/h2-4,6H,5H2,1H3. The number of hydrogen-bond acceptors (Lipinski definition) is 5. The highest BCUT2D eigenvalue weighted by molar-refractivity contribution is 7.12. The van der Waals surface area contributed by atoms with Crippen molar-refractivity contribution in [3.05, 3.63) is 32.9 Å². The van der Waals surface area contributed by atoms with Gasteiger partial charge in [0, 0.05) is 23.0 Å². The lowest BCUT2D eigenvalue weighted by molar-refractivity contribution is 0.0996. The highest BCUT2D eigenvalue weighted by Crippen LogP contribution is 2.22. The van der Waals surface area contributed by atoms with Gasteiger partial charge in [0.05, 0.1) is 18.4 Å². The SMILES string of the molecule is COc1csc(C(=O)Cc2nccs2)c1. The molecule has 0 radical (unpaired) electrons. The van der Waals surface area contributed by atoms with Gasteiger partial charge in [-0.1, -0.05) is 0 Å². The van der Waals surface area contributed by atoms with Gasteiger partial charge in [-0.05, 0) is 0 Å². The average Bonchev–Trinajstić information content (AvgIpc) is 2.86. The maximum absolute atomic E-state index is 11.8. The Morgan fingerprint density at radius 3 is 3.00 bits per heavy atom. The molecule has 0 N–H and O–H groups in total. The van der Waals surface area contributed by atoms with E-state index in [1.807, 2.05) is 10.8 Å². The first-order chi connectivity index (χ1) is 7.29. The van der Waals surface area contributed by atoms with Crippen LogP contribution in [-0.2, 0) is 6.42 Å². The Hall–Kier alpha value is -1.20. The summed E-state index contributed by atoms with van der Waals surface area (Å²) in [6.07, 6.45) is 2.09. The van der Waals surface area contributed by atoms with Crippen LogP contribution >= 0.6 is 22.7 Å². The van der Waals surface area contributed by atoms with Crippen LogP contribution < -0.4 is 4.74 Å². The quantitative estimate of drug-likeness (QED) is 0.770. The number of carbonyl (C=O) groups is 1. The fourth-order valence-electron chi connectivity index (χ4n) is 1.14. The second-order valence-electron chi connectivity index (χ2n) is 2.88. The van der Waals surface area contributed by atoms with Crippen LogP contribution in [0.15, 0.2) is 23.0 Å². The van der Waals surface area contributed by atoms with Crippen LogP contribution in [0.1, 0.15) is 14.7 Å². The van der Waals surface area contributed by atoms with E-state index in [1.165, 1.54) is 22.7 Å². The molecule has 0 aliphatic heterocycles. The largest absolute Gasteiger partial charge is 0.496 e. The molecule has 2 heterocycles. The van der Waals surface area contributed by atoms with E-state index >= 15 is 0 Å². The van der Waals surface area contributed by atoms with E-state index in [-0.39, 0.29) is 5.78 Å². The maximum atomic E-state index is 11.8. The van der Waals surface area contributed by atoms with E-state index in [9.17, 15) is 4.79 Å². The summed E-state index contributed by atoms with van der Waals surface area (Å²) < 4.78 is 5.03. The molecule has 0 saturated carbocycles. The van der Waals surface area contributed by atoms with E-state index < -0.39 is 0 Å². The van der Waals surface area contributed by atoms with Crippen LogP contribution in [0.3, 0.4) is 0 Å². The van der Waals surface area contributed by atoms with E-state index in [4.69, 9.17) is 4.74 Å². The van der Waals surface area contributed by atoms with E-state index in [0.717, 1.165) is 15.6 Å². The van der Waals surface area contributed by atoms with Gasteiger partial charge in [0.2, 0.25) is 0 Å². The molecule has 0 amide bonds. The second kappa shape index (κ2) is 4.55. The molecule has 0 saturated heterocycles. The number of rotatable bonds is 4. The van der Waals surface area contributed by atoms with Crippen molar-refractivity contribution in [2.45, 2.75) is 6.42 Å². The van der Waals surface area contributed by atoms with Gasteiger partial charge in [-0.3, -0.25) is 4.79 Å². The summed E-state index contributed by atoms with van der Waals surface area (Å²) in [5.41, 5.74) is 0. The van der Waals surface area contributed by atoms with Crippen LogP contribution in [-0.4, -0.2) is 17.9 Å². The van der Waals surface area contributed by atoms with Gasteiger partial charge in [0.25, 0.3) is 0 Å². The summed E-state index contributed by atoms with van der Waals surface area (Å²) in [6.45, 7) is 0. The van der Waals surface area contributed by atoms with Crippen LogP contribution in [0.4, 0.5) is 0 Å². The van der Waals surface area contributed by atoms with E-state index in [0.29, 0.717) is 6.42 Å². The number of thiophene rings is 1. The zero-order valence-corrected chi connectivity index (χ0v) is 9.73. The summed E-state index contributed by atoms with van der Waals surface area (Å²) in [5, 5.41) is 4.56. The Kier molecular flexibility index (Phi) is 3.13. The minimum Gasteiger partial charge on any atom is -0.496 e. The number of hydrogen-bond donors (Lipinski definition) is 0. The minimum atomic E-state index is 0.0956. The Bertz CT molecular complexity index is 448. The lowest BCUT2D eigenvalue weighted by Gasteiger charge is -1.93. The third kappa shape index (κ3) is 2.43. The highest BCUT2D eigenvalue weighted by Gasteiger charge is 2.11. The van der Waals surface area contributed by atoms with Gasteiger partial charge in [-0.15, -0.1) is 22.7 Å². The number of Topliss-reactive ketones (excluding diaryl/α,β-unsaturated/α-hetero) is 1. The Balaban J connectivity index is 2.08. The lowest BCUT2D eigenvalue weighted by atomic mass is 10.2. The Morgan fingerprint density at radius 1 is 1.53 bits per heavy atom. The number of aromatic nitrogens is 1. The summed E-state index contributed by atoms with van der Waals surface area (Å²) in [6, 6.07) is 1.76. The maximum Gasteiger partial charge on any atom is 0.179 e. The number of ketones is 1. The Labute approximate surface area is 95.4 Å². The third-order valence-electron chi connectivity index (χ3n) is 1.88. The molecule has 0 bridgehead atoms. The predicted octanol–water partition coefficient (Wildman–Crippen LogP) is 2.64. The van der Waals surface area contributed by atoms with Crippen molar-refractivity contribution >= 4 is 28.5 Å². The topological polar surface area (TPSA) is 39.2 Å². The molecule has 2 rings (SSSR count). The number of nitrogens with zero attached hydrogens (tertiary/aromatic N) is 1. The molecule has 2 aromatic heterocycles. The molecule has 0 fully saturated rings. The van der Waals surface area contributed by atoms with E-state index in [1.54, 1.807) is 19.4 Å². The lowest BCUT2D eigenvalue weighted by Crippen LogP contribution is -2.00. The minimum absolute atomic E-state index is 0.0956. The van der Waals surface area contributed by atoms with Crippen molar-refractivity contribution in [1.82, 2.24) is 4.98 Å². The molecule has 78 valence electrons. The normalized spacial score (nSPS) is 10.2. The summed E-state index contributed by atoms with van der Waals surface area (Å²) in [7, 11) is 1.59. The van der Waals surface area contributed by atoms with Gasteiger partial charge in [0.1, 0.15) is 10.8 Å². The molecule has 0 aliphatic carbocycles. The summed E-state index contributed by atoms with van der Waals surface area (Å²) in [4.78, 5) is 16.6. The summed E-state index contributed by atoms with van der Waals surface area (Å²) in [5.74, 6) is 0.834. The molecular formula is C10H9NO2S2. The van der Waals surface area contributed by atoms with E-state index in [2.05, 4.69) is 4.98 Å². The number of thiazole rings is 1. The average molecular weight is 239 g/mol. The first-order valence-corrected chi connectivity index (χ1v) is 6.09. The molecule has 5 heteroatoms. The molecule has 3 nitrogen and oxygen atoms in total. The highest BCUT2D eigenvalue weighted by atomic mass is 32.1. The van der Waals surface area contributed by atoms with Gasteiger partial charge in [0.15, 0.2) is 5.78 Å². The van der Waals surface area contributed by atoms with Crippen LogP contribution in [0.25, 0.3) is 0 Å². The first kappa shape index (κ1) is 10.3. The molecule has 2 aromatic rings. The van der Waals surface area contributed by atoms with Gasteiger partial charge in [-0.25, -0.2) is 4.98 Å². The Morgan fingerprint density at radius 2 is 2.40 bits per heavy atom. The molecule has 0 unspecified atom stereocenters. The molecule has 0 aliphatic rings. The van der Waals surface area contributed by atoms with Crippen molar-refractivity contribution in [2.24, 2.45) is 0 Å². The van der Waals surface area contributed by atoms with Crippen molar-refractivity contribution in [3.8, 4) is 5.75 Å². The fraction of sp³-hybridized carbons (Fsp3) is 0.200. The molecule has 0 aromatic carbocycles. The van der Waals surface area contributed by atoms with Crippen LogP contribution in [0, 0.1) is 0 Å². The number of ether oxygens (including phenoxy) is 1. The fourth-order valence-corrected chi connectivity index (χ4v) is 2.55. The van der Waals surface area contributed by atoms with Crippen molar-refractivity contribution in [2.75, 3.05) is 7.11 Å². The number of carbonyl (C=O) groups excluding carboxylic acids is 1. The van der Waals surface area contributed by atoms with Crippen molar-refractivity contribution in [3.63, 3.8) is 0 Å². The molecule has 0 atom stereocenters. The molecule has 0 spiro atoms. The van der Waals surface area contributed by atoms with Crippen LogP contribution in [0.5, 0.6) is 5.75 Å². The molecule has 15 heavy (non-hydrogen) atoms. The third-order valence-corrected chi connectivity index (χ3v) is 3.61. The summed E-state index contributed by atoms with van der Waals surface area (Å²) >= 11 is 2.91. The monoisotopic (exact) mass is 239 g/mol. The van der Waals surface area contributed by atoms with Gasteiger partial charge >= 0.3 is 0 Å². The molecular weight excluding hydrogens is 230 g/mol. The second-order valence-corrected chi connectivity index (χ2v) is 4.77. The van der Waals surface area contributed by atoms with Gasteiger partial charge < -0.3 is 4.74 Å². The van der Waals surface area contributed by atoms with Gasteiger partial charge in [-0.2, -0.15) is 0 Å². The first-order valence-electron chi connectivity index (χ1n) is 4.33. The van der Waals surface area contributed by atoms with Crippen molar-refractivity contribution in [1.29, 1.82) is 0 Å². The number of methoxy groups -OCH3 is 1. The van der Waals surface area contributed by atoms with Crippen molar-refractivity contribution < 1.29 is 9.53 Å². The zero-order valence-electron chi connectivity index (χ0n) is 8.10. The predicted molar refractivity (Wildman–Crippen MR) is 61.0 cm³/mol. The smallest absolute Gasteiger partial charge is 0.179 e. The zero-order chi connectivity index (χ0) is 10.7. The van der Waals surface area contributed by atoms with Crippen LogP contribution in [0.2, 0.25) is 0 Å².